The lowest BCUT2D eigenvalue weighted by Crippen LogP contribution is -2.40. The molecule has 0 aromatic carbocycles. The Morgan fingerprint density at radius 2 is 1.79 bits per heavy atom. The first-order valence-corrected chi connectivity index (χ1v) is 6.75. The van der Waals surface area contributed by atoms with Crippen LogP contribution in [0.1, 0.15) is 47.3 Å². The molecule has 0 atom stereocenters. The topological polar surface area (TPSA) is 59.1 Å². The number of nitrogens with one attached hydrogen (secondary N) is 1. The Kier molecular flexibility index (Phi) is 3.34. The molecule has 0 saturated carbocycles. The Morgan fingerprint density at radius 3 is 2.37 bits per heavy atom. The number of halogens is 1. The van der Waals surface area contributed by atoms with Crippen LogP contribution in [0.25, 0.3) is 0 Å². The number of allylic oxidation sites excluding steroid dienone is 2. The molecule has 4 nitrogen and oxygen atoms in total. The van der Waals surface area contributed by atoms with E-state index in [9.17, 15) is 9.59 Å². The average molecular weight is 323 g/mol. The van der Waals surface area contributed by atoms with Gasteiger partial charge in [-0.25, -0.2) is 4.98 Å². The minimum absolute atomic E-state index is 0.205. The number of pyridine rings is 1. The minimum atomic E-state index is -0.306. The predicted octanol–water partition coefficient (Wildman–Crippen LogP) is 2.76. The van der Waals surface area contributed by atoms with Gasteiger partial charge in [0.15, 0.2) is 0 Å². The summed E-state index contributed by atoms with van der Waals surface area (Å²) in [7, 11) is 0. The quantitative estimate of drug-likeness (QED) is 0.863. The number of hydrogen-bond acceptors (Lipinski definition) is 4. The summed E-state index contributed by atoms with van der Waals surface area (Å²) >= 11 is 3.21. The number of Topliss-reactive ketones (excluding diaryl/α,β-unsaturated/α-hetero) is 2. The van der Waals surface area contributed by atoms with Gasteiger partial charge in [0.2, 0.25) is 11.6 Å². The summed E-state index contributed by atoms with van der Waals surface area (Å²) in [5.74, 6) is -0.464. The first kappa shape index (κ1) is 13.9. The van der Waals surface area contributed by atoms with Crippen molar-refractivity contribution >= 4 is 27.5 Å². The highest BCUT2D eigenvalue weighted by atomic mass is 79.9. The Morgan fingerprint density at radius 1 is 1.16 bits per heavy atom. The van der Waals surface area contributed by atoms with Crippen molar-refractivity contribution in [2.24, 2.45) is 0 Å². The fraction of sp³-hybridized carbons (Fsp3) is 0.357. The van der Waals surface area contributed by atoms with Gasteiger partial charge in [-0.3, -0.25) is 9.59 Å². The van der Waals surface area contributed by atoms with E-state index in [0.29, 0.717) is 17.0 Å². The molecule has 100 valence electrons. The van der Waals surface area contributed by atoms with Gasteiger partial charge in [-0.15, -0.1) is 0 Å². The average Bonchev–Trinajstić information content (AvgIpc) is 2.30. The van der Waals surface area contributed by atoms with Crippen LogP contribution >= 0.6 is 15.9 Å². The number of carbonyl (C=O) groups is 2. The second-order valence-corrected chi connectivity index (χ2v) is 6.36. The summed E-state index contributed by atoms with van der Waals surface area (Å²) < 4.78 is 0.248. The van der Waals surface area contributed by atoms with Crippen LogP contribution in [0, 0.1) is 6.92 Å². The normalized spacial score (nSPS) is 15.6. The zero-order valence-electron chi connectivity index (χ0n) is 11.3. The number of aryl methyl sites for hydroxylation is 1. The molecule has 0 aliphatic heterocycles. The molecule has 1 heterocycles. The fourth-order valence-electron chi connectivity index (χ4n) is 1.85. The maximum atomic E-state index is 12.4. The summed E-state index contributed by atoms with van der Waals surface area (Å²) in [5.41, 5.74) is 1.28. The van der Waals surface area contributed by atoms with Crippen LogP contribution in [0.4, 0.5) is 0 Å². The molecule has 0 amide bonds. The van der Waals surface area contributed by atoms with Crippen LogP contribution in [-0.2, 0) is 0 Å². The monoisotopic (exact) mass is 322 g/mol. The van der Waals surface area contributed by atoms with Crippen molar-refractivity contribution in [2.75, 3.05) is 0 Å². The minimum Gasteiger partial charge on any atom is -0.376 e. The molecule has 5 heteroatoms. The third-order valence-electron chi connectivity index (χ3n) is 2.64. The van der Waals surface area contributed by atoms with Gasteiger partial charge >= 0.3 is 0 Å². The van der Waals surface area contributed by atoms with E-state index in [4.69, 9.17) is 0 Å². The molecule has 0 unspecified atom stereocenters. The first-order chi connectivity index (χ1) is 8.70. The second kappa shape index (κ2) is 4.56. The van der Waals surface area contributed by atoms with E-state index in [1.807, 2.05) is 20.8 Å². The SMILES string of the molecule is Cc1ccc2c(n1)C(=O)C(Br)=C(NC(C)(C)C)C2=O. The lowest BCUT2D eigenvalue weighted by atomic mass is 9.95. The highest BCUT2D eigenvalue weighted by molar-refractivity contribution is 9.12. The maximum absolute atomic E-state index is 12.4. The number of ketones is 2. The van der Waals surface area contributed by atoms with Gasteiger partial charge in [0.05, 0.1) is 10.0 Å². The van der Waals surface area contributed by atoms with Crippen LogP contribution in [-0.4, -0.2) is 22.1 Å². The van der Waals surface area contributed by atoms with Gasteiger partial charge < -0.3 is 5.32 Å². The van der Waals surface area contributed by atoms with Crippen LogP contribution in [0.3, 0.4) is 0 Å². The molecule has 0 saturated heterocycles. The molecule has 1 aliphatic rings. The smallest absolute Gasteiger partial charge is 0.221 e. The summed E-state index contributed by atoms with van der Waals surface area (Å²) in [6, 6.07) is 3.39. The van der Waals surface area contributed by atoms with Crippen molar-refractivity contribution < 1.29 is 9.59 Å². The largest absolute Gasteiger partial charge is 0.376 e. The number of carbonyl (C=O) groups excluding carboxylic acids is 2. The van der Waals surface area contributed by atoms with Crippen molar-refractivity contribution in [3.05, 3.63) is 39.3 Å². The molecule has 2 rings (SSSR count). The van der Waals surface area contributed by atoms with E-state index < -0.39 is 0 Å². The van der Waals surface area contributed by atoms with Gasteiger partial charge in [-0.05, 0) is 55.8 Å². The van der Waals surface area contributed by atoms with E-state index in [1.165, 1.54) is 0 Å². The van der Waals surface area contributed by atoms with E-state index in [0.717, 1.165) is 0 Å². The Balaban J connectivity index is 2.56. The molecular formula is C14H15BrN2O2. The molecule has 0 bridgehead atoms. The van der Waals surface area contributed by atoms with E-state index >= 15 is 0 Å². The molecule has 1 aromatic heterocycles. The van der Waals surface area contributed by atoms with Crippen molar-refractivity contribution in [2.45, 2.75) is 33.2 Å². The Bertz CT molecular complexity index is 612. The van der Waals surface area contributed by atoms with Crippen molar-refractivity contribution in [3.63, 3.8) is 0 Å². The lowest BCUT2D eigenvalue weighted by molar-refractivity contribution is 0.0968. The van der Waals surface area contributed by atoms with Crippen LogP contribution < -0.4 is 5.32 Å². The van der Waals surface area contributed by atoms with Crippen molar-refractivity contribution in [3.8, 4) is 0 Å². The number of rotatable bonds is 1. The number of aromatic nitrogens is 1. The summed E-state index contributed by atoms with van der Waals surface area (Å²) in [6.45, 7) is 7.58. The summed E-state index contributed by atoms with van der Waals surface area (Å²) in [4.78, 5) is 28.8. The highest BCUT2D eigenvalue weighted by Gasteiger charge is 2.33. The predicted molar refractivity (Wildman–Crippen MR) is 76.5 cm³/mol. The second-order valence-electron chi connectivity index (χ2n) is 5.57. The molecule has 1 N–H and O–H groups in total. The standard InChI is InChI=1S/C14H15BrN2O2/c1-7-5-6-8-10(16-7)13(19)9(15)11(12(8)18)17-14(2,3)4/h5-6,17H,1-4H3. The molecule has 1 aliphatic carbocycles. The van der Waals surface area contributed by atoms with E-state index in [-0.39, 0.29) is 27.3 Å². The molecule has 19 heavy (non-hydrogen) atoms. The zero-order valence-corrected chi connectivity index (χ0v) is 12.9. The van der Waals surface area contributed by atoms with Crippen molar-refractivity contribution in [1.29, 1.82) is 0 Å². The first-order valence-electron chi connectivity index (χ1n) is 5.96. The third-order valence-corrected chi connectivity index (χ3v) is 3.40. The fourth-order valence-corrected chi connectivity index (χ4v) is 2.32. The van der Waals surface area contributed by atoms with Gasteiger partial charge in [-0.1, -0.05) is 0 Å². The van der Waals surface area contributed by atoms with E-state index in [1.54, 1.807) is 19.1 Å². The molecular weight excluding hydrogens is 308 g/mol. The van der Waals surface area contributed by atoms with Gasteiger partial charge in [0.1, 0.15) is 11.4 Å². The third kappa shape index (κ3) is 2.61. The maximum Gasteiger partial charge on any atom is 0.221 e. The van der Waals surface area contributed by atoms with Gasteiger partial charge in [0.25, 0.3) is 0 Å². The number of hydrogen-bond donors (Lipinski definition) is 1. The van der Waals surface area contributed by atoms with Gasteiger partial charge in [-0.2, -0.15) is 0 Å². The molecule has 1 aromatic rings. The number of nitrogens with zero attached hydrogens (tertiary/aromatic N) is 1. The molecule has 0 radical (unpaired) electrons. The van der Waals surface area contributed by atoms with Crippen LogP contribution in [0.5, 0.6) is 0 Å². The molecule has 0 spiro atoms. The Labute approximate surface area is 120 Å². The summed E-state index contributed by atoms with van der Waals surface area (Å²) in [5, 5.41) is 3.08. The van der Waals surface area contributed by atoms with Crippen molar-refractivity contribution in [1.82, 2.24) is 10.3 Å². The van der Waals surface area contributed by atoms with Crippen LogP contribution in [0.2, 0.25) is 0 Å². The highest BCUT2D eigenvalue weighted by Crippen LogP contribution is 2.28. The van der Waals surface area contributed by atoms with Gasteiger partial charge in [0, 0.05) is 11.2 Å². The molecule has 0 fully saturated rings. The lowest BCUT2D eigenvalue weighted by Gasteiger charge is -2.27. The Hall–Kier alpha value is -1.49. The summed E-state index contributed by atoms with van der Waals surface area (Å²) in [6.07, 6.45) is 0. The van der Waals surface area contributed by atoms with E-state index in [2.05, 4.69) is 26.2 Å². The van der Waals surface area contributed by atoms with Crippen LogP contribution in [0.15, 0.2) is 22.3 Å². The number of fused-ring (bicyclic) bond motifs is 1. The zero-order chi connectivity index (χ0) is 14.4.